The van der Waals surface area contributed by atoms with Crippen LogP contribution < -0.4 is 10.6 Å². The van der Waals surface area contributed by atoms with Gasteiger partial charge >= 0.3 is 12.2 Å². The second-order valence-electron chi connectivity index (χ2n) is 16.0. The Morgan fingerprint density at radius 2 is 1.11 bits per heavy atom. The van der Waals surface area contributed by atoms with Crippen molar-refractivity contribution in [2.75, 3.05) is 27.2 Å². The van der Waals surface area contributed by atoms with E-state index in [1.165, 1.54) is 0 Å². The Balaban J connectivity index is 0.989. The molecule has 2 saturated heterocycles. The Bertz CT molecular complexity index is 2540. The molecule has 2 fully saturated rings. The summed E-state index contributed by atoms with van der Waals surface area (Å²) in [6.45, 7) is 1.68. The van der Waals surface area contributed by atoms with Gasteiger partial charge in [-0.25, -0.2) is 19.6 Å². The van der Waals surface area contributed by atoms with Crippen LogP contribution in [0.5, 0.6) is 0 Å². The summed E-state index contributed by atoms with van der Waals surface area (Å²) in [6, 6.07) is 29.7. The second-order valence-corrected chi connectivity index (χ2v) is 16.0. The molecule has 15 heteroatoms. The van der Waals surface area contributed by atoms with Gasteiger partial charge in [-0.05, 0) is 84.8 Å². The van der Waals surface area contributed by atoms with E-state index in [0.717, 1.165) is 52.0 Å². The number of hydrogen-bond acceptors (Lipinski definition) is 7. The molecule has 6 aromatic rings. The lowest BCUT2D eigenvalue weighted by atomic mass is 9.95. The van der Waals surface area contributed by atoms with E-state index in [1.807, 2.05) is 38.4 Å². The lowest BCUT2D eigenvalue weighted by molar-refractivity contribution is -0.135. The summed E-state index contributed by atoms with van der Waals surface area (Å²) in [4.78, 5) is 73.0. The molecule has 0 unspecified atom stereocenters. The topological polar surface area (TPSA) is 200 Å². The number of likely N-dealkylation sites (tertiary alicyclic amines) is 2. The van der Waals surface area contributed by atoms with Crippen LogP contribution in [0.1, 0.15) is 78.2 Å². The maximum absolute atomic E-state index is 13.9. The SMILES string of the molecule is CN(C)Cc1cc(-c2cnc([C@@H]3CCCN3C(=O)[C@H](NC(=O)O)c3ccccc3)[nH]2)ccc1-c1ccc(-c2cnc([C@@H]3CCCN3C(=O)[C@H](NC(=O)O)c3ccccc3)[nH]2)cc1. The van der Waals surface area contributed by atoms with Gasteiger partial charge in [-0.1, -0.05) is 97.1 Å². The number of carbonyl (C=O) groups excluding carboxylic acids is 2. The van der Waals surface area contributed by atoms with Crippen molar-refractivity contribution in [3.05, 3.63) is 144 Å². The number of aromatic amines is 2. The smallest absolute Gasteiger partial charge is 0.405 e. The van der Waals surface area contributed by atoms with E-state index in [2.05, 4.69) is 55.8 Å². The van der Waals surface area contributed by atoms with E-state index >= 15 is 0 Å². The molecule has 4 aromatic carbocycles. The molecule has 4 atom stereocenters. The molecular formula is C47H49N9O6. The molecule has 2 aliphatic heterocycles. The molecule has 0 bridgehead atoms. The number of nitrogens with one attached hydrogen (secondary N) is 4. The van der Waals surface area contributed by atoms with E-state index in [9.17, 15) is 29.4 Å². The summed E-state index contributed by atoms with van der Waals surface area (Å²) in [5, 5.41) is 23.9. The van der Waals surface area contributed by atoms with Gasteiger partial charge in [0.25, 0.3) is 11.8 Å². The zero-order valence-corrected chi connectivity index (χ0v) is 34.5. The molecule has 8 rings (SSSR count). The van der Waals surface area contributed by atoms with Gasteiger partial charge in [0, 0.05) is 19.6 Å². The Kier molecular flexibility index (Phi) is 12.1. The highest BCUT2D eigenvalue weighted by molar-refractivity contribution is 5.88. The molecule has 4 heterocycles. The van der Waals surface area contributed by atoms with Crippen LogP contribution in [0.2, 0.25) is 0 Å². The van der Waals surface area contributed by atoms with Crippen LogP contribution in [0.15, 0.2) is 116 Å². The molecule has 318 valence electrons. The first-order valence-corrected chi connectivity index (χ1v) is 20.7. The van der Waals surface area contributed by atoms with Crippen molar-refractivity contribution in [1.82, 2.24) is 45.3 Å². The molecular weight excluding hydrogens is 787 g/mol. The van der Waals surface area contributed by atoms with Crippen LogP contribution >= 0.6 is 0 Å². The number of amides is 4. The first-order valence-electron chi connectivity index (χ1n) is 20.7. The van der Waals surface area contributed by atoms with Crippen LogP contribution in [-0.2, 0) is 16.1 Å². The van der Waals surface area contributed by atoms with Crippen LogP contribution in [0.25, 0.3) is 33.6 Å². The van der Waals surface area contributed by atoms with Gasteiger partial charge in [0.05, 0.1) is 35.9 Å². The largest absolute Gasteiger partial charge is 0.465 e. The number of aromatic nitrogens is 4. The molecule has 6 N–H and O–H groups in total. The molecule has 0 spiro atoms. The Hall–Kier alpha value is -7.26. The zero-order chi connectivity index (χ0) is 43.3. The highest BCUT2D eigenvalue weighted by atomic mass is 16.4. The van der Waals surface area contributed by atoms with Crippen molar-refractivity contribution in [1.29, 1.82) is 0 Å². The summed E-state index contributed by atoms with van der Waals surface area (Å²) >= 11 is 0. The summed E-state index contributed by atoms with van der Waals surface area (Å²) in [6.07, 6.45) is 3.98. The van der Waals surface area contributed by atoms with Crippen LogP contribution in [0.3, 0.4) is 0 Å². The minimum absolute atomic E-state index is 0.312. The van der Waals surface area contributed by atoms with Crippen LogP contribution in [-0.4, -0.2) is 96.0 Å². The minimum atomic E-state index is -1.27. The predicted molar refractivity (Wildman–Crippen MR) is 232 cm³/mol. The molecule has 0 aliphatic carbocycles. The van der Waals surface area contributed by atoms with E-state index in [0.29, 0.717) is 55.3 Å². The number of nitrogens with zero attached hydrogens (tertiary/aromatic N) is 5. The second kappa shape index (κ2) is 18.2. The van der Waals surface area contributed by atoms with Gasteiger partial charge in [0.1, 0.15) is 23.7 Å². The lowest BCUT2D eigenvalue weighted by Crippen LogP contribution is -2.42. The Morgan fingerprint density at radius 1 is 0.661 bits per heavy atom. The molecule has 2 aromatic heterocycles. The zero-order valence-electron chi connectivity index (χ0n) is 34.5. The van der Waals surface area contributed by atoms with Crippen molar-refractivity contribution < 1.29 is 29.4 Å². The lowest BCUT2D eigenvalue weighted by Gasteiger charge is -2.28. The molecule has 0 saturated carbocycles. The number of imidazole rings is 2. The minimum Gasteiger partial charge on any atom is -0.465 e. The fourth-order valence-corrected chi connectivity index (χ4v) is 8.72. The number of rotatable bonds is 13. The third kappa shape index (κ3) is 8.93. The number of carbonyl (C=O) groups is 4. The van der Waals surface area contributed by atoms with Gasteiger partial charge in [-0.2, -0.15) is 0 Å². The molecule has 62 heavy (non-hydrogen) atoms. The number of H-pyrrole nitrogens is 2. The maximum Gasteiger partial charge on any atom is 0.405 e. The van der Waals surface area contributed by atoms with Crippen molar-refractivity contribution >= 4 is 24.0 Å². The van der Waals surface area contributed by atoms with Crippen LogP contribution in [0.4, 0.5) is 9.59 Å². The maximum atomic E-state index is 13.9. The highest BCUT2D eigenvalue weighted by Gasteiger charge is 2.38. The van der Waals surface area contributed by atoms with Crippen molar-refractivity contribution in [2.45, 2.75) is 56.4 Å². The average molecular weight is 836 g/mol. The first-order chi connectivity index (χ1) is 30.0. The fourth-order valence-electron chi connectivity index (χ4n) is 8.72. The summed E-state index contributed by atoms with van der Waals surface area (Å²) < 4.78 is 0. The monoisotopic (exact) mass is 835 g/mol. The van der Waals surface area contributed by atoms with E-state index < -0.39 is 24.3 Å². The van der Waals surface area contributed by atoms with E-state index in [-0.39, 0.29) is 23.9 Å². The fraction of sp³-hybridized carbons (Fsp3) is 0.277. The van der Waals surface area contributed by atoms with E-state index in [1.54, 1.807) is 70.7 Å². The third-order valence-electron chi connectivity index (χ3n) is 11.6. The number of carboxylic acid groups (broad SMARTS) is 2. The predicted octanol–water partition coefficient (Wildman–Crippen LogP) is 7.54. The third-order valence-corrected chi connectivity index (χ3v) is 11.6. The van der Waals surface area contributed by atoms with E-state index in [4.69, 9.17) is 9.97 Å². The number of hydrogen-bond donors (Lipinski definition) is 6. The van der Waals surface area contributed by atoms with Gasteiger partial charge in [0.15, 0.2) is 0 Å². The summed E-state index contributed by atoms with van der Waals surface area (Å²) in [7, 11) is 4.06. The van der Waals surface area contributed by atoms with Crippen molar-refractivity contribution in [2.24, 2.45) is 0 Å². The molecule has 4 amide bonds. The quantitative estimate of drug-likeness (QED) is 0.0680. The highest BCUT2D eigenvalue weighted by Crippen LogP contribution is 2.37. The van der Waals surface area contributed by atoms with Gasteiger partial charge in [0.2, 0.25) is 0 Å². The van der Waals surface area contributed by atoms with Gasteiger partial charge in [-0.3, -0.25) is 9.59 Å². The first kappa shape index (κ1) is 41.5. The molecule has 0 radical (unpaired) electrons. The Labute approximate surface area is 358 Å². The standard InChI is InChI=1S/C47H49N9O6/c1-54(2)28-34-25-33(37-27-49-43(51-37)39-16-10-24-56(39)45(58)41(53-47(61)62)32-13-7-4-8-14-32)21-22-35(34)29-17-19-30(20-18-29)36-26-48-42(50-36)38-15-9-23-55(38)44(57)40(52-46(59)60)31-11-5-3-6-12-31/h3-8,11-14,17-22,25-27,38-41,52-53H,9-10,15-16,23-24,28H2,1-2H3,(H,48,50)(H,49,51)(H,59,60)(H,61,62)/t38-,39-,40+,41+/m0/s1. The summed E-state index contributed by atoms with van der Waals surface area (Å²) in [5.41, 5.74) is 7.89. The average Bonchev–Trinajstić information content (AvgIpc) is 4.12. The molecule has 15 nitrogen and oxygen atoms in total. The van der Waals surface area contributed by atoms with Gasteiger partial charge in [-0.15, -0.1) is 0 Å². The van der Waals surface area contributed by atoms with Crippen LogP contribution in [0, 0.1) is 0 Å². The number of benzene rings is 4. The van der Waals surface area contributed by atoms with Crippen molar-refractivity contribution in [3.8, 4) is 33.6 Å². The molecule has 2 aliphatic rings. The van der Waals surface area contributed by atoms with Gasteiger partial charge < -0.3 is 45.5 Å². The normalized spacial score (nSPS) is 17.2. The summed E-state index contributed by atoms with van der Waals surface area (Å²) in [5.74, 6) is 0.685. The van der Waals surface area contributed by atoms with Crippen molar-refractivity contribution in [3.63, 3.8) is 0 Å². The Morgan fingerprint density at radius 3 is 1.58 bits per heavy atom.